The van der Waals surface area contributed by atoms with Crippen molar-refractivity contribution in [3.05, 3.63) is 11.7 Å². The van der Waals surface area contributed by atoms with Crippen molar-refractivity contribution in [2.75, 3.05) is 12.8 Å². The Morgan fingerprint density at radius 3 is 2.86 bits per heavy atom. The highest BCUT2D eigenvalue weighted by Crippen LogP contribution is 2.32. The number of nitrogens with zero attached hydrogens (tertiary/aromatic N) is 3. The summed E-state index contributed by atoms with van der Waals surface area (Å²) in [6.07, 6.45) is 5.45. The molecule has 1 saturated carbocycles. The third-order valence-corrected chi connectivity index (χ3v) is 5.21. The maximum Gasteiger partial charge on any atom is 0.227 e. The van der Waals surface area contributed by atoms with E-state index < -0.39 is 10.0 Å². The van der Waals surface area contributed by atoms with Crippen LogP contribution in [0.4, 0.5) is 0 Å². The molecule has 1 aliphatic carbocycles. The van der Waals surface area contributed by atoms with Gasteiger partial charge in [-0.05, 0) is 25.7 Å². The van der Waals surface area contributed by atoms with Gasteiger partial charge in [-0.1, -0.05) is 5.16 Å². The first-order valence-corrected chi connectivity index (χ1v) is 9.37. The van der Waals surface area contributed by atoms with Gasteiger partial charge < -0.3 is 9.84 Å². The summed E-state index contributed by atoms with van der Waals surface area (Å²) in [7, 11) is -3.28. The highest BCUT2D eigenvalue weighted by Gasteiger charge is 2.35. The summed E-state index contributed by atoms with van der Waals surface area (Å²) in [5.41, 5.74) is 0. The molecule has 1 amide bonds. The fraction of sp³-hybridized carbons (Fsp3) is 0.769. The van der Waals surface area contributed by atoms with Crippen LogP contribution in [0.3, 0.4) is 0 Å². The molecule has 1 aliphatic heterocycles. The fourth-order valence-corrected chi connectivity index (χ4v) is 3.77. The van der Waals surface area contributed by atoms with E-state index in [9.17, 15) is 13.2 Å². The fourth-order valence-electron chi connectivity index (χ4n) is 2.65. The number of carbonyl (C=O) groups excluding carboxylic acids is 1. The molecular formula is C13H20N4O4S. The van der Waals surface area contributed by atoms with Gasteiger partial charge in [-0.2, -0.15) is 9.29 Å². The lowest BCUT2D eigenvalue weighted by Crippen LogP contribution is -2.30. The third-order valence-electron chi connectivity index (χ3n) is 3.92. The minimum absolute atomic E-state index is 0.0131. The van der Waals surface area contributed by atoms with E-state index in [2.05, 4.69) is 15.5 Å². The second kappa shape index (κ2) is 5.96. The summed E-state index contributed by atoms with van der Waals surface area (Å²) in [6.45, 7) is 0.483. The predicted molar refractivity (Wildman–Crippen MR) is 77.3 cm³/mol. The maximum atomic E-state index is 11.7. The number of hydrogen-bond acceptors (Lipinski definition) is 6. The zero-order valence-electron chi connectivity index (χ0n) is 12.5. The van der Waals surface area contributed by atoms with Crippen LogP contribution in [0.25, 0.3) is 0 Å². The molecule has 0 radical (unpaired) electrons. The number of hydrogen-bond donors (Lipinski definition) is 1. The average molecular weight is 328 g/mol. The van der Waals surface area contributed by atoms with E-state index in [0.29, 0.717) is 43.6 Å². The van der Waals surface area contributed by atoms with Gasteiger partial charge in [0.2, 0.25) is 21.8 Å². The SMILES string of the molecule is CS(=O)(=O)N1CCCC1c1noc(CCC(=O)NC2CC2)n1. The summed E-state index contributed by atoms with van der Waals surface area (Å²) in [4.78, 5) is 15.9. The summed E-state index contributed by atoms with van der Waals surface area (Å²) in [5.74, 6) is 0.753. The molecule has 1 aromatic heterocycles. The standard InChI is InChI=1S/C13H20N4O4S/c1-22(19,20)17-8-2-3-10(17)13-15-12(21-16-13)7-6-11(18)14-9-4-5-9/h9-10H,2-8H2,1H3,(H,14,18). The number of amides is 1. The number of sulfonamides is 1. The second-order valence-electron chi connectivity index (χ2n) is 5.92. The highest BCUT2D eigenvalue weighted by molar-refractivity contribution is 7.88. The Morgan fingerprint density at radius 1 is 1.41 bits per heavy atom. The molecule has 0 spiro atoms. The van der Waals surface area contributed by atoms with Crippen molar-refractivity contribution in [3.8, 4) is 0 Å². The normalized spacial score (nSPS) is 22.9. The maximum absolute atomic E-state index is 11.7. The van der Waals surface area contributed by atoms with Crippen molar-refractivity contribution in [2.45, 2.75) is 50.6 Å². The molecule has 22 heavy (non-hydrogen) atoms. The van der Waals surface area contributed by atoms with Gasteiger partial charge in [-0.3, -0.25) is 4.79 Å². The Morgan fingerprint density at radius 2 is 2.18 bits per heavy atom. The van der Waals surface area contributed by atoms with Crippen LogP contribution in [0.1, 0.15) is 49.9 Å². The van der Waals surface area contributed by atoms with Crippen LogP contribution in [-0.4, -0.2) is 47.6 Å². The number of rotatable bonds is 6. The third kappa shape index (κ3) is 3.64. The molecule has 1 unspecified atom stereocenters. The predicted octanol–water partition coefficient (Wildman–Crippen LogP) is 0.377. The Kier molecular flexibility index (Phi) is 4.18. The van der Waals surface area contributed by atoms with E-state index >= 15 is 0 Å². The Labute approximate surface area is 129 Å². The lowest BCUT2D eigenvalue weighted by molar-refractivity contribution is -0.121. The van der Waals surface area contributed by atoms with Crippen molar-refractivity contribution in [1.82, 2.24) is 19.8 Å². The van der Waals surface area contributed by atoms with Crippen LogP contribution in [0.2, 0.25) is 0 Å². The first-order valence-electron chi connectivity index (χ1n) is 7.52. The van der Waals surface area contributed by atoms with Crippen LogP contribution >= 0.6 is 0 Å². The van der Waals surface area contributed by atoms with E-state index in [-0.39, 0.29) is 11.9 Å². The molecule has 0 aromatic carbocycles. The second-order valence-corrected chi connectivity index (χ2v) is 7.85. The molecule has 2 fully saturated rings. The van der Waals surface area contributed by atoms with Crippen molar-refractivity contribution in [2.24, 2.45) is 0 Å². The number of aryl methyl sites for hydroxylation is 1. The van der Waals surface area contributed by atoms with E-state index in [1.54, 1.807) is 0 Å². The minimum atomic E-state index is -3.28. The Balaban J connectivity index is 1.59. The number of carbonyl (C=O) groups is 1. The molecule has 8 nitrogen and oxygen atoms in total. The van der Waals surface area contributed by atoms with Gasteiger partial charge in [0.15, 0.2) is 5.82 Å². The summed E-state index contributed by atoms with van der Waals surface area (Å²) >= 11 is 0. The number of aromatic nitrogens is 2. The van der Waals surface area contributed by atoms with Gasteiger partial charge >= 0.3 is 0 Å². The molecule has 1 atom stereocenters. The smallest absolute Gasteiger partial charge is 0.227 e. The van der Waals surface area contributed by atoms with Gasteiger partial charge in [0.05, 0.1) is 12.3 Å². The van der Waals surface area contributed by atoms with Gasteiger partial charge in [0.1, 0.15) is 0 Å². The van der Waals surface area contributed by atoms with Gasteiger partial charge in [0.25, 0.3) is 0 Å². The van der Waals surface area contributed by atoms with Crippen LogP contribution in [0.5, 0.6) is 0 Å². The van der Waals surface area contributed by atoms with E-state index in [1.165, 1.54) is 10.6 Å². The van der Waals surface area contributed by atoms with Gasteiger partial charge in [0, 0.05) is 25.4 Å². The van der Waals surface area contributed by atoms with Crippen LogP contribution in [-0.2, 0) is 21.2 Å². The lowest BCUT2D eigenvalue weighted by atomic mass is 10.2. The first-order chi connectivity index (χ1) is 10.4. The van der Waals surface area contributed by atoms with Crippen molar-refractivity contribution >= 4 is 15.9 Å². The molecule has 3 rings (SSSR count). The molecular weight excluding hydrogens is 308 g/mol. The van der Waals surface area contributed by atoms with Crippen LogP contribution in [0.15, 0.2) is 4.52 Å². The zero-order chi connectivity index (χ0) is 15.7. The Hall–Kier alpha value is -1.48. The molecule has 9 heteroatoms. The molecule has 2 aliphatic rings. The molecule has 1 aromatic rings. The van der Waals surface area contributed by atoms with Gasteiger partial charge in [-0.15, -0.1) is 0 Å². The highest BCUT2D eigenvalue weighted by atomic mass is 32.2. The summed E-state index contributed by atoms with van der Waals surface area (Å²) < 4.78 is 30.0. The van der Waals surface area contributed by atoms with Crippen molar-refractivity contribution < 1.29 is 17.7 Å². The molecule has 2 heterocycles. The van der Waals surface area contributed by atoms with Crippen molar-refractivity contribution in [3.63, 3.8) is 0 Å². The molecule has 122 valence electrons. The molecule has 1 N–H and O–H groups in total. The molecule has 0 bridgehead atoms. The Bertz CT molecular complexity index is 653. The topological polar surface area (TPSA) is 105 Å². The largest absolute Gasteiger partial charge is 0.353 e. The monoisotopic (exact) mass is 328 g/mol. The van der Waals surface area contributed by atoms with Crippen LogP contribution in [0, 0.1) is 0 Å². The minimum Gasteiger partial charge on any atom is -0.353 e. The molecule has 1 saturated heterocycles. The van der Waals surface area contributed by atoms with E-state index in [1.807, 2.05) is 0 Å². The zero-order valence-corrected chi connectivity index (χ0v) is 13.3. The van der Waals surface area contributed by atoms with Crippen molar-refractivity contribution in [1.29, 1.82) is 0 Å². The first kappa shape index (κ1) is 15.4. The number of nitrogens with one attached hydrogen (secondary N) is 1. The lowest BCUT2D eigenvalue weighted by Gasteiger charge is -2.18. The average Bonchev–Trinajstić information content (AvgIpc) is 2.95. The van der Waals surface area contributed by atoms with Gasteiger partial charge in [-0.25, -0.2) is 8.42 Å². The summed E-state index contributed by atoms with van der Waals surface area (Å²) in [6, 6.07) is -0.0136. The summed E-state index contributed by atoms with van der Waals surface area (Å²) in [5, 5.41) is 6.79. The quantitative estimate of drug-likeness (QED) is 0.809. The van der Waals surface area contributed by atoms with E-state index in [0.717, 1.165) is 19.3 Å². The van der Waals surface area contributed by atoms with E-state index in [4.69, 9.17) is 4.52 Å². The van der Waals surface area contributed by atoms with Crippen LogP contribution < -0.4 is 5.32 Å².